The molecule has 3 aromatic carbocycles. The SMILES string of the molecule is CC[C@H](C)[C@H](NC(=O)[C@@H](Cc1ccccc1)NC(=O)[C@@H](Cc1c[nH]c2ccccc12)NC(=O)[C@@H](N)CCCN=C(N)N)C(=O)N[C@H](Cc1ccccc1)C(=O)N[C@@H](Cc1cnc[nH]1)C(=O)N[C@@H](CCCCN)C(=O)N[C@@H](CCCCN)C(=O)N1CCC[C@H]1C(N)=O. The molecule has 492 valence electrons. The van der Waals surface area contributed by atoms with E-state index in [-0.39, 0.29) is 64.0 Å². The average Bonchev–Trinajstić information content (AvgIpc) is 2.94. The fourth-order valence-corrected chi connectivity index (χ4v) is 10.9. The first-order chi connectivity index (χ1) is 43.8. The predicted octanol–water partition coefficient (Wildman–Crippen LogP) is -0.284. The van der Waals surface area contributed by atoms with Gasteiger partial charge >= 0.3 is 0 Å². The van der Waals surface area contributed by atoms with Crippen LogP contribution in [0, 0.1) is 5.92 Å². The normalized spacial score (nSPS) is 15.9. The number of imidazole rings is 1. The van der Waals surface area contributed by atoms with Gasteiger partial charge in [-0.2, -0.15) is 0 Å². The Bertz CT molecular complexity index is 3200. The van der Waals surface area contributed by atoms with Gasteiger partial charge in [-0.15, -0.1) is 0 Å². The summed E-state index contributed by atoms with van der Waals surface area (Å²) in [5, 5.41) is 20.8. The van der Waals surface area contributed by atoms with E-state index >= 15 is 0 Å². The third kappa shape index (κ3) is 22.1. The van der Waals surface area contributed by atoms with Crippen LogP contribution in [0.1, 0.15) is 107 Å². The largest absolute Gasteiger partial charge is 0.370 e. The van der Waals surface area contributed by atoms with Crippen LogP contribution in [0.3, 0.4) is 0 Å². The van der Waals surface area contributed by atoms with E-state index in [0.717, 1.165) is 10.9 Å². The number of guanidine groups is 1. The lowest BCUT2D eigenvalue weighted by molar-refractivity contribution is -0.141. The monoisotopic (exact) mass is 1260 g/mol. The molecule has 1 saturated heterocycles. The smallest absolute Gasteiger partial charge is 0.245 e. The maximum atomic E-state index is 15.0. The Hall–Kier alpha value is -9.21. The zero-order valence-corrected chi connectivity index (χ0v) is 52.0. The number of benzene rings is 3. The van der Waals surface area contributed by atoms with Crippen molar-refractivity contribution in [3.05, 3.63) is 126 Å². The van der Waals surface area contributed by atoms with E-state index in [1.807, 2.05) is 31.2 Å². The molecular weight excluding hydrogens is 1160 g/mol. The van der Waals surface area contributed by atoms with Gasteiger partial charge in [0.05, 0.1) is 12.4 Å². The number of fused-ring (bicyclic) bond motifs is 1. The lowest BCUT2D eigenvalue weighted by Crippen LogP contribution is -2.62. The lowest BCUT2D eigenvalue weighted by Gasteiger charge is -2.30. The fourth-order valence-electron chi connectivity index (χ4n) is 10.9. The summed E-state index contributed by atoms with van der Waals surface area (Å²) in [5.41, 5.74) is 37.9. The van der Waals surface area contributed by atoms with Gasteiger partial charge in [-0.25, -0.2) is 4.98 Å². The number of para-hydroxylation sites is 1. The highest BCUT2D eigenvalue weighted by atomic mass is 16.2. The molecule has 0 bridgehead atoms. The highest BCUT2D eigenvalue weighted by Gasteiger charge is 2.39. The number of nitrogens with zero attached hydrogens (tertiary/aromatic N) is 3. The van der Waals surface area contributed by atoms with Crippen molar-refractivity contribution in [3.63, 3.8) is 0 Å². The molecule has 0 aliphatic carbocycles. The number of carbonyl (C=O) groups is 9. The second kappa shape index (κ2) is 36.4. The number of nitrogens with one attached hydrogen (secondary N) is 9. The van der Waals surface area contributed by atoms with Gasteiger partial charge in [0.2, 0.25) is 53.2 Å². The summed E-state index contributed by atoms with van der Waals surface area (Å²) < 4.78 is 0. The second-order valence-corrected chi connectivity index (χ2v) is 23.2. The van der Waals surface area contributed by atoms with Gasteiger partial charge in [0.25, 0.3) is 0 Å². The van der Waals surface area contributed by atoms with E-state index in [1.165, 1.54) is 17.4 Å². The third-order valence-electron chi connectivity index (χ3n) is 16.3. The minimum absolute atomic E-state index is 0.00149. The number of unbranched alkanes of at least 4 members (excludes halogenated alkanes) is 2. The average molecular weight is 1260 g/mol. The number of likely N-dealkylation sites (tertiary alicyclic amines) is 1. The van der Waals surface area contributed by atoms with Crippen LogP contribution in [-0.4, -0.2) is 160 Å². The van der Waals surface area contributed by atoms with E-state index in [4.69, 9.17) is 34.4 Å². The Kier molecular flexibility index (Phi) is 28.4. The zero-order chi connectivity index (χ0) is 65.8. The molecule has 9 amide bonds. The van der Waals surface area contributed by atoms with Gasteiger partial charge in [-0.05, 0) is 106 Å². The lowest BCUT2D eigenvalue weighted by atomic mass is 9.96. The number of hydrogen-bond donors (Lipinski definition) is 15. The fraction of sp³-hybridized carbons (Fsp3) is 0.484. The number of carbonyl (C=O) groups excluding carboxylic acids is 9. The van der Waals surface area contributed by atoms with Crippen molar-refractivity contribution in [3.8, 4) is 0 Å². The van der Waals surface area contributed by atoms with E-state index < -0.39 is 113 Å². The molecular formula is C64H92N18O9. The molecule has 0 unspecified atom stereocenters. The molecule has 1 aliphatic rings. The molecule has 0 radical (unpaired) electrons. The maximum Gasteiger partial charge on any atom is 0.245 e. The van der Waals surface area contributed by atoms with Gasteiger partial charge in [0, 0.05) is 67.8 Å². The van der Waals surface area contributed by atoms with Crippen molar-refractivity contribution in [1.82, 2.24) is 57.1 Å². The summed E-state index contributed by atoms with van der Waals surface area (Å²) in [5.74, 6) is -6.87. The summed E-state index contributed by atoms with van der Waals surface area (Å²) in [6, 6.07) is 14.4. The zero-order valence-electron chi connectivity index (χ0n) is 52.0. The van der Waals surface area contributed by atoms with Crippen LogP contribution in [0.5, 0.6) is 0 Å². The molecule has 10 atom stereocenters. The molecule has 0 saturated carbocycles. The topological polar surface area (TPSA) is 454 Å². The van der Waals surface area contributed by atoms with Crippen molar-refractivity contribution in [2.45, 2.75) is 165 Å². The van der Waals surface area contributed by atoms with Crippen LogP contribution in [-0.2, 0) is 68.8 Å². The number of aromatic nitrogens is 3. The molecule has 1 fully saturated rings. The molecule has 5 aromatic rings. The minimum atomic E-state index is -1.39. The molecule has 3 heterocycles. The number of aliphatic imine (C=N–C) groups is 1. The number of hydrogen-bond acceptors (Lipinski definition) is 14. The number of amides is 9. The quantitative estimate of drug-likeness (QED) is 0.0137. The number of nitrogens with two attached hydrogens (primary N) is 6. The molecule has 6 rings (SSSR count). The van der Waals surface area contributed by atoms with Crippen molar-refractivity contribution in [2.75, 3.05) is 26.2 Å². The summed E-state index contributed by atoms with van der Waals surface area (Å²) in [6.45, 7) is 4.72. The van der Waals surface area contributed by atoms with Crippen molar-refractivity contribution >= 4 is 70.0 Å². The Labute approximate surface area is 530 Å². The molecule has 2 aromatic heterocycles. The number of rotatable bonds is 38. The maximum absolute atomic E-state index is 15.0. The van der Waals surface area contributed by atoms with E-state index in [2.05, 4.69) is 57.2 Å². The first kappa shape index (κ1) is 70.9. The number of H-pyrrole nitrogens is 2. The van der Waals surface area contributed by atoms with Crippen LogP contribution in [0.4, 0.5) is 0 Å². The van der Waals surface area contributed by atoms with Crippen LogP contribution >= 0.6 is 0 Å². The molecule has 21 N–H and O–H groups in total. The van der Waals surface area contributed by atoms with Crippen molar-refractivity contribution in [1.29, 1.82) is 0 Å². The Morgan fingerprint density at radius 1 is 0.593 bits per heavy atom. The Morgan fingerprint density at radius 3 is 1.68 bits per heavy atom. The first-order valence-corrected chi connectivity index (χ1v) is 31.3. The predicted molar refractivity (Wildman–Crippen MR) is 345 cm³/mol. The molecule has 27 nitrogen and oxygen atoms in total. The van der Waals surface area contributed by atoms with Gasteiger partial charge in [0.1, 0.15) is 48.3 Å². The van der Waals surface area contributed by atoms with E-state index in [1.54, 1.807) is 73.8 Å². The van der Waals surface area contributed by atoms with Crippen LogP contribution in [0.15, 0.2) is 109 Å². The Morgan fingerprint density at radius 2 is 1.11 bits per heavy atom. The van der Waals surface area contributed by atoms with Crippen LogP contribution in [0.2, 0.25) is 0 Å². The Balaban J connectivity index is 1.26. The van der Waals surface area contributed by atoms with Gasteiger partial charge in [0.15, 0.2) is 5.96 Å². The minimum Gasteiger partial charge on any atom is -0.370 e. The van der Waals surface area contributed by atoms with Crippen LogP contribution in [0.25, 0.3) is 10.9 Å². The summed E-state index contributed by atoms with van der Waals surface area (Å²) in [7, 11) is 0. The molecule has 27 heteroatoms. The molecule has 1 aliphatic heterocycles. The van der Waals surface area contributed by atoms with Gasteiger partial charge < -0.3 is 86.5 Å². The molecule has 0 spiro atoms. The van der Waals surface area contributed by atoms with Crippen LogP contribution < -0.4 is 71.6 Å². The first-order valence-electron chi connectivity index (χ1n) is 31.3. The van der Waals surface area contributed by atoms with Crippen molar-refractivity contribution in [2.24, 2.45) is 45.3 Å². The number of primary amides is 1. The van der Waals surface area contributed by atoms with E-state index in [9.17, 15) is 43.2 Å². The molecule has 91 heavy (non-hydrogen) atoms. The second-order valence-electron chi connectivity index (χ2n) is 23.2. The summed E-state index contributed by atoms with van der Waals surface area (Å²) >= 11 is 0. The standard InChI is InChI=1S/C64H92N18O9/c1-3-39(2)54(81-61(89)50(33-41-20-8-5-9-21-41)78-59(87)51(34-42-36-73-46-24-11-10-22-44(42)46)77-56(84)45(67)23-16-30-72-64(69)70)62(90)80-49(32-40-18-6-4-7-19-40)58(86)79-52(35-43-37-71-38-74-43)60(88)75-47(25-12-14-28-65)57(85)76-48(26-13-15-29-66)63(91)82-31-17-27-53(82)55(68)83/h4-11,18-22,24,36-39,45,47-54,73H,3,12-17,23,25-35,65-67H2,1-2H3,(H2,68,83)(H,71,74)(H,75,88)(H,76,85)(H,77,84)(H,78,87)(H,79,86)(H,80,90)(H,81,89)(H4,69,70,72)/t39-,45-,47-,48-,49+,50+,51+,52-,53-,54-/m0/s1. The van der Waals surface area contributed by atoms with Gasteiger partial charge in [-0.3, -0.25) is 48.1 Å². The number of aromatic amines is 2. The van der Waals surface area contributed by atoms with Gasteiger partial charge in [-0.1, -0.05) is 99.1 Å². The third-order valence-corrected chi connectivity index (χ3v) is 16.3. The van der Waals surface area contributed by atoms with E-state index in [0.29, 0.717) is 86.8 Å². The highest BCUT2D eigenvalue weighted by molar-refractivity contribution is 5.99. The summed E-state index contributed by atoms with van der Waals surface area (Å²) in [6.07, 6.45) is 8.44. The highest BCUT2D eigenvalue weighted by Crippen LogP contribution is 2.22. The summed E-state index contributed by atoms with van der Waals surface area (Å²) in [4.78, 5) is 145. The van der Waals surface area contributed by atoms with Crippen molar-refractivity contribution < 1.29 is 43.2 Å².